The highest BCUT2D eigenvalue weighted by molar-refractivity contribution is 5.84. The van der Waals surface area contributed by atoms with Crippen molar-refractivity contribution in [2.45, 2.75) is 54.0 Å². The smallest absolute Gasteiger partial charge is 0.325 e. The monoisotopic (exact) mass is 305 g/mol. The van der Waals surface area contributed by atoms with E-state index in [1.54, 1.807) is 11.8 Å². The molecule has 0 heterocycles. The molecule has 0 fully saturated rings. The van der Waals surface area contributed by atoms with Crippen molar-refractivity contribution in [2.24, 2.45) is 0 Å². The summed E-state index contributed by atoms with van der Waals surface area (Å²) in [7, 11) is 0. The Hall–Kier alpha value is -1.84. The van der Waals surface area contributed by atoms with Crippen molar-refractivity contribution in [2.75, 3.05) is 13.2 Å². The van der Waals surface area contributed by atoms with Crippen molar-refractivity contribution in [1.82, 2.24) is 4.90 Å². The van der Waals surface area contributed by atoms with Crippen LogP contribution in [0.15, 0.2) is 12.1 Å². The number of hydrogen-bond acceptors (Lipinski definition) is 3. The molecule has 1 rings (SSSR count). The molecule has 0 aliphatic carbocycles. The van der Waals surface area contributed by atoms with E-state index >= 15 is 0 Å². The quantitative estimate of drug-likeness (QED) is 0.759. The van der Waals surface area contributed by atoms with E-state index < -0.39 is 0 Å². The minimum absolute atomic E-state index is 0.00823. The van der Waals surface area contributed by atoms with Crippen molar-refractivity contribution in [3.05, 3.63) is 34.4 Å². The zero-order valence-electron chi connectivity index (χ0n) is 14.5. The Morgan fingerprint density at radius 3 is 2.14 bits per heavy atom. The fourth-order valence-electron chi connectivity index (χ4n) is 2.65. The summed E-state index contributed by atoms with van der Waals surface area (Å²) in [4.78, 5) is 25.9. The Morgan fingerprint density at radius 2 is 1.68 bits per heavy atom. The largest absolute Gasteiger partial charge is 0.465 e. The maximum absolute atomic E-state index is 12.6. The van der Waals surface area contributed by atoms with Crippen LogP contribution in [0.2, 0.25) is 0 Å². The highest BCUT2D eigenvalue weighted by Gasteiger charge is 2.22. The van der Waals surface area contributed by atoms with Gasteiger partial charge in [-0.1, -0.05) is 17.7 Å². The van der Waals surface area contributed by atoms with Crippen LogP contribution in [0.1, 0.15) is 43.0 Å². The lowest BCUT2D eigenvalue weighted by Gasteiger charge is -2.26. The highest BCUT2D eigenvalue weighted by Crippen LogP contribution is 2.18. The van der Waals surface area contributed by atoms with E-state index in [1.807, 2.05) is 34.6 Å². The van der Waals surface area contributed by atoms with Crippen LogP contribution in [-0.4, -0.2) is 36.0 Å². The molecule has 4 nitrogen and oxygen atoms in total. The van der Waals surface area contributed by atoms with Gasteiger partial charge in [-0.3, -0.25) is 9.59 Å². The number of esters is 1. The van der Waals surface area contributed by atoms with Gasteiger partial charge in [-0.05, 0) is 58.2 Å². The molecule has 0 atom stereocenters. The van der Waals surface area contributed by atoms with Crippen LogP contribution in [0.3, 0.4) is 0 Å². The minimum atomic E-state index is -0.359. The second-order valence-electron chi connectivity index (χ2n) is 5.97. The van der Waals surface area contributed by atoms with Gasteiger partial charge < -0.3 is 9.64 Å². The number of aryl methyl sites for hydroxylation is 3. The third kappa shape index (κ3) is 4.86. The number of benzene rings is 1. The van der Waals surface area contributed by atoms with Crippen LogP contribution in [0.4, 0.5) is 0 Å². The van der Waals surface area contributed by atoms with Gasteiger partial charge in [-0.15, -0.1) is 0 Å². The molecule has 0 radical (unpaired) electrons. The Bertz CT molecular complexity index is 526. The predicted molar refractivity (Wildman–Crippen MR) is 87.8 cm³/mol. The standard InChI is InChI=1S/C18H27NO3/c1-7-22-18(21)11-19(12(2)3)17(20)10-16-14(5)8-13(4)9-15(16)6/h8-9,12H,7,10-11H2,1-6H3. The van der Waals surface area contributed by atoms with Crippen LogP contribution >= 0.6 is 0 Å². The van der Waals surface area contributed by atoms with E-state index in [0.29, 0.717) is 13.0 Å². The lowest BCUT2D eigenvalue weighted by atomic mass is 9.97. The summed E-state index contributed by atoms with van der Waals surface area (Å²) < 4.78 is 4.95. The van der Waals surface area contributed by atoms with Gasteiger partial charge in [0.15, 0.2) is 0 Å². The Kier molecular flexibility index (Phi) is 6.60. The van der Waals surface area contributed by atoms with E-state index in [4.69, 9.17) is 4.74 Å². The van der Waals surface area contributed by atoms with E-state index in [9.17, 15) is 9.59 Å². The van der Waals surface area contributed by atoms with Crippen LogP contribution in [0.5, 0.6) is 0 Å². The predicted octanol–water partition coefficient (Wildman–Crippen LogP) is 2.95. The summed E-state index contributed by atoms with van der Waals surface area (Å²) in [5.74, 6) is -0.403. The average molecular weight is 305 g/mol. The summed E-state index contributed by atoms with van der Waals surface area (Å²) in [6.45, 7) is 12.0. The van der Waals surface area contributed by atoms with Gasteiger partial charge in [-0.25, -0.2) is 0 Å². The van der Waals surface area contributed by atoms with Crippen LogP contribution < -0.4 is 0 Å². The van der Waals surface area contributed by atoms with Gasteiger partial charge in [0.1, 0.15) is 6.54 Å². The molecule has 0 N–H and O–H groups in total. The molecule has 122 valence electrons. The Labute approximate surface area is 133 Å². The van der Waals surface area contributed by atoms with E-state index in [0.717, 1.165) is 16.7 Å². The number of nitrogens with zero attached hydrogens (tertiary/aromatic N) is 1. The molecule has 1 aromatic rings. The second kappa shape index (κ2) is 7.97. The fraction of sp³-hybridized carbons (Fsp3) is 0.556. The summed E-state index contributed by atoms with van der Waals surface area (Å²) in [5, 5.41) is 0. The number of hydrogen-bond donors (Lipinski definition) is 0. The van der Waals surface area contributed by atoms with Crippen molar-refractivity contribution in [3.63, 3.8) is 0 Å². The normalized spacial score (nSPS) is 10.7. The van der Waals surface area contributed by atoms with Gasteiger partial charge in [0.05, 0.1) is 13.0 Å². The number of amides is 1. The highest BCUT2D eigenvalue weighted by atomic mass is 16.5. The molecular weight excluding hydrogens is 278 g/mol. The van der Waals surface area contributed by atoms with Gasteiger partial charge in [-0.2, -0.15) is 0 Å². The van der Waals surface area contributed by atoms with Crippen LogP contribution in [0.25, 0.3) is 0 Å². The lowest BCUT2D eigenvalue weighted by Crippen LogP contribution is -2.42. The topological polar surface area (TPSA) is 46.6 Å². The first-order valence-corrected chi connectivity index (χ1v) is 7.78. The molecule has 4 heteroatoms. The third-order valence-corrected chi connectivity index (χ3v) is 3.72. The summed E-state index contributed by atoms with van der Waals surface area (Å²) >= 11 is 0. The fourth-order valence-corrected chi connectivity index (χ4v) is 2.65. The molecule has 0 saturated heterocycles. The van der Waals surface area contributed by atoms with Gasteiger partial charge in [0.2, 0.25) is 5.91 Å². The van der Waals surface area contributed by atoms with Gasteiger partial charge in [0, 0.05) is 6.04 Å². The number of ether oxygens (including phenoxy) is 1. The number of carbonyl (C=O) groups excluding carboxylic acids is 2. The van der Waals surface area contributed by atoms with Crippen LogP contribution in [0, 0.1) is 20.8 Å². The van der Waals surface area contributed by atoms with Crippen molar-refractivity contribution in [1.29, 1.82) is 0 Å². The maximum Gasteiger partial charge on any atom is 0.325 e. The van der Waals surface area contributed by atoms with Crippen molar-refractivity contribution < 1.29 is 14.3 Å². The first-order valence-electron chi connectivity index (χ1n) is 7.78. The van der Waals surface area contributed by atoms with Crippen molar-refractivity contribution in [3.8, 4) is 0 Å². The molecule has 1 amide bonds. The molecule has 0 aromatic heterocycles. The summed E-state index contributed by atoms with van der Waals surface area (Å²) in [6, 6.07) is 4.13. The summed E-state index contributed by atoms with van der Waals surface area (Å²) in [5.41, 5.74) is 4.47. The zero-order valence-corrected chi connectivity index (χ0v) is 14.5. The minimum Gasteiger partial charge on any atom is -0.465 e. The molecule has 22 heavy (non-hydrogen) atoms. The van der Waals surface area contributed by atoms with Gasteiger partial charge >= 0.3 is 5.97 Å². The average Bonchev–Trinajstić information content (AvgIpc) is 2.39. The van der Waals surface area contributed by atoms with Crippen molar-refractivity contribution >= 4 is 11.9 Å². The SMILES string of the molecule is CCOC(=O)CN(C(=O)Cc1c(C)cc(C)cc1C)C(C)C. The lowest BCUT2D eigenvalue weighted by molar-refractivity contribution is -0.149. The molecule has 1 aromatic carbocycles. The zero-order chi connectivity index (χ0) is 16.9. The van der Waals surface area contributed by atoms with Crippen LogP contribution in [-0.2, 0) is 20.7 Å². The van der Waals surface area contributed by atoms with E-state index in [2.05, 4.69) is 12.1 Å². The maximum atomic E-state index is 12.6. The molecule has 0 bridgehead atoms. The summed E-state index contributed by atoms with van der Waals surface area (Å²) in [6.07, 6.45) is 0.315. The Balaban J connectivity index is 2.90. The molecular formula is C18H27NO3. The molecule has 0 aliphatic heterocycles. The Morgan fingerprint density at radius 1 is 1.14 bits per heavy atom. The first kappa shape index (κ1) is 18.2. The van der Waals surface area contributed by atoms with Gasteiger partial charge in [0.25, 0.3) is 0 Å². The van der Waals surface area contributed by atoms with E-state index in [-0.39, 0.29) is 24.5 Å². The molecule has 0 unspecified atom stereocenters. The third-order valence-electron chi connectivity index (χ3n) is 3.72. The van der Waals surface area contributed by atoms with E-state index in [1.165, 1.54) is 5.56 Å². The molecule has 0 spiro atoms. The second-order valence-corrected chi connectivity index (χ2v) is 5.97. The first-order chi connectivity index (χ1) is 10.3. The molecule has 0 saturated carbocycles. The number of carbonyl (C=O) groups is 2. The number of rotatable bonds is 6. The molecule has 0 aliphatic rings.